The van der Waals surface area contributed by atoms with Crippen molar-refractivity contribution >= 4 is 5.97 Å². The summed E-state index contributed by atoms with van der Waals surface area (Å²) in [6.45, 7) is 4.50. The molecule has 0 aromatic heterocycles. The zero-order chi connectivity index (χ0) is 14.9. The number of ether oxygens (including phenoxy) is 2. The fourth-order valence-electron chi connectivity index (χ4n) is 3.41. The predicted molar refractivity (Wildman–Crippen MR) is 77.7 cm³/mol. The van der Waals surface area contributed by atoms with Crippen molar-refractivity contribution in [3.63, 3.8) is 0 Å². The van der Waals surface area contributed by atoms with Crippen LogP contribution in [0.1, 0.15) is 28.8 Å². The summed E-state index contributed by atoms with van der Waals surface area (Å²) < 4.78 is 10.9. The van der Waals surface area contributed by atoms with E-state index >= 15 is 0 Å². The van der Waals surface area contributed by atoms with E-state index in [1.54, 1.807) is 25.3 Å². The predicted octanol–water partition coefficient (Wildman–Crippen LogP) is 2.01. The molecule has 21 heavy (non-hydrogen) atoms. The van der Waals surface area contributed by atoms with Gasteiger partial charge in [-0.15, -0.1) is 0 Å². The van der Waals surface area contributed by atoms with E-state index < -0.39 is 5.97 Å². The number of carboxylic acids is 1. The second-order valence-corrected chi connectivity index (χ2v) is 6.10. The number of carbonyl (C=O) groups is 1. The molecule has 2 aliphatic heterocycles. The molecular formula is C16H21NO4. The first-order valence-electron chi connectivity index (χ1n) is 7.32. The number of nitrogens with zero attached hydrogens (tertiary/aromatic N) is 1. The quantitative estimate of drug-likeness (QED) is 0.919. The molecule has 2 heterocycles. The maximum atomic E-state index is 11.1. The number of rotatable bonds is 4. The highest BCUT2D eigenvalue weighted by atomic mass is 16.5. The minimum atomic E-state index is -0.902. The highest BCUT2D eigenvalue weighted by molar-refractivity contribution is 5.88. The van der Waals surface area contributed by atoms with Crippen molar-refractivity contribution in [2.24, 2.45) is 5.41 Å². The van der Waals surface area contributed by atoms with E-state index in [4.69, 9.17) is 14.6 Å². The third-order valence-corrected chi connectivity index (χ3v) is 4.62. The van der Waals surface area contributed by atoms with Crippen molar-refractivity contribution < 1.29 is 19.4 Å². The summed E-state index contributed by atoms with van der Waals surface area (Å²) in [5, 5.41) is 9.13. The first-order chi connectivity index (χ1) is 10.1. The van der Waals surface area contributed by atoms with Gasteiger partial charge in [-0.3, -0.25) is 4.90 Å². The van der Waals surface area contributed by atoms with Gasteiger partial charge in [0.1, 0.15) is 5.75 Å². The van der Waals surface area contributed by atoms with E-state index in [1.807, 2.05) is 0 Å². The molecule has 1 aromatic rings. The van der Waals surface area contributed by atoms with E-state index in [0.717, 1.165) is 57.0 Å². The lowest BCUT2D eigenvalue weighted by molar-refractivity contribution is 0.0696. The Bertz CT molecular complexity index is 537. The van der Waals surface area contributed by atoms with Crippen LogP contribution in [0, 0.1) is 5.41 Å². The second-order valence-electron chi connectivity index (χ2n) is 6.10. The average molecular weight is 291 g/mol. The molecule has 3 rings (SSSR count). The highest BCUT2D eigenvalue weighted by Crippen LogP contribution is 2.39. The Kier molecular flexibility index (Phi) is 3.87. The number of methoxy groups -OCH3 is 1. The lowest BCUT2D eigenvalue weighted by atomic mass is 9.87. The largest absolute Gasteiger partial charge is 0.496 e. The monoisotopic (exact) mass is 291 g/mol. The van der Waals surface area contributed by atoms with Crippen LogP contribution in [0.2, 0.25) is 0 Å². The van der Waals surface area contributed by atoms with Crippen LogP contribution in [0.15, 0.2) is 18.2 Å². The first-order valence-corrected chi connectivity index (χ1v) is 7.32. The zero-order valence-electron chi connectivity index (χ0n) is 12.3. The summed E-state index contributed by atoms with van der Waals surface area (Å²) in [6.07, 6.45) is 2.30. The molecule has 2 saturated heterocycles. The fourth-order valence-corrected chi connectivity index (χ4v) is 3.41. The molecule has 1 N–H and O–H groups in total. The molecule has 2 aliphatic rings. The van der Waals surface area contributed by atoms with Crippen LogP contribution in [0.5, 0.6) is 5.75 Å². The molecule has 0 aliphatic carbocycles. The smallest absolute Gasteiger partial charge is 0.335 e. The van der Waals surface area contributed by atoms with Gasteiger partial charge in [0.05, 0.1) is 19.3 Å². The third-order valence-electron chi connectivity index (χ3n) is 4.62. The summed E-state index contributed by atoms with van der Waals surface area (Å²) in [5.41, 5.74) is 1.56. The summed E-state index contributed by atoms with van der Waals surface area (Å²) in [4.78, 5) is 13.5. The Balaban J connectivity index is 1.75. The summed E-state index contributed by atoms with van der Waals surface area (Å²) in [5.74, 6) is -0.149. The second kappa shape index (κ2) is 5.66. The molecule has 114 valence electrons. The SMILES string of the molecule is COc1ccc(C(=O)O)cc1CN1CCC2(CCOC2)C1. The number of hydrogen-bond donors (Lipinski definition) is 1. The van der Waals surface area contributed by atoms with E-state index in [0.29, 0.717) is 11.0 Å². The number of carboxylic acid groups (broad SMARTS) is 1. The van der Waals surface area contributed by atoms with Crippen LogP contribution in [0.25, 0.3) is 0 Å². The molecular weight excluding hydrogens is 270 g/mol. The van der Waals surface area contributed by atoms with Gasteiger partial charge in [-0.25, -0.2) is 4.79 Å². The molecule has 0 radical (unpaired) electrons. The zero-order valence-corrected chi connectivity index (χ0v) is 12.3. The van der Waals surface area contributed by atoms with Crippen molar-refractivity contribution in [2.45, 2.75) is 19.4 Å². The standard InChI is InChI=1S/C16H21NO4/c1-20-14-3-2-12(15(18)19)8-13(14)9-17-6-4-16(10-17)5-7-21-11-16/h2-3,8H,4-7,9-11H2,1H3,(H,18,19). The Morgan fingerprint density at radius 2 is 2.33 bits per heavy atom. The van der Waals surface area contributed by atoms with Crippen LogP contribution in [-0.2, 0) is 11.3 Å². The van der Waals surface area contributed by atoms with Crippen LogP contribution >= 0.6 is 0 Å². The van der Waals surface area contributed by atoms with Crippen LogP contribution < -0.4 is 4.74 Å². The van der Waals surface area contributed by atoms with Crippen molar-refractivity contribution in [1.82, 2.24) is 4.90 Å². The van der Waals surface area contributed by atoms with Gasteiger partial charge in [0.25, 0.3) is 0 Å². The van der Waals surface area contributed by atoms with Gasteiger partial charge in [-0.1, -0.05) is 0 Å². The van der Waals surface area contributed by atoms with E-state index in [-0.39, 0.29) is 0 Å². The van der Waals surface area contributed by atoms with E-state index in [9.17, 15) is 4.79 Å². The van der Waals surface area contributed by atoms with Crippen molar-refractivity contribution in [3.8, 4) is 5.75 Å². The molecule has 1 aromatic carbocycles. The molecule has 1 unspecified atom stereocenters. The lowest BCUT2D eigenvalue weighted by Gasteiger charge is -2.22. The van der Waals surface area contributed by atoms with E-state index in [1.165, 1.54) is 0 Å². The minimum Gasteiger partial charge on any atom is -0.496 e. The average Bonchev–Trinajstić information content (AvgIpc) is 3.09. The Morgan fingerprint density at radius 1 is 1.48 bits per heavy atom. The number of aromatic carboxylic acids is 1. The van der Waals surface area contributed by atoms with Crippen LogP contribution in [0.3, 0.4) is 0 Å². The number of hydrogen-bond acceptors (Lipinski definition) is 4. The Hall–Kier alpha value is -1.59. The van der Waals surface area contributed by atoms with Gasteiger partial charge < -0.3 is 14.6 Å². The van der Waals surface area contributed by atoms with Crippen molar-refractivity contribution in [1.29, 1.82) is 0 Å². The molecule has 1 spiro atoms. The molecule has 5 heteroatoms. The summed E-state index contributed by atoms with van der Waals surface area (Å²) in [7, 11) is 1.62. The normalized spacial score (nSPS) is 25.6. The van der Waals surface area contributed by atoms with E-state index in [2.05, 4.69) is 4.90 Å². The first kappa shape index (κ1) is 14.4. The highest BCUT2D eigenvalue weighted by Gasteiger charge is 2.41. The molecule has 5 nitrogen and oxygen atoms in total. The Labute approximate surface area is 124 Å². The topological polar surface area (TPSA) is 59.0 Å². The minimum absolute atomic E-state index is 0.309. The van der Waals surface area contributed by atoms with Crippen molar-refractivity contribution in [3.05, 3.63) is 29.3 Å². The Morgan fingerprint density at radius 3 is 3.00 bits per heavy atom. The van der Waals surface area contributed by atoms with Gasteiger partial charge >= 0.3 is 5.97 Å². The van der Waals surface area contributed by atoms with Gasteiger partial charge in [-0.05, 0) is 37.6 Å². The number of likely N-dealkylation sites (tertiary alicyclic amines) is 1. The van der Waals surface area contributed by atoms with Gasteiger partial charge in [0, 0.05) is 30.7 Å². The van der Waals surface area contributed by atoms with Gasteiger partial charge in [0.2, 0.25) is 0 Å². The van der Waals surface area contributed by atoms with Gasteiger partial charge in [-0.2, -0.15) is 0 Å². The molecule has 2 fully saturated rings. The molecule has 0 bridgehead atoms. The molecule has 0 saturated carbocycles. The lowest BCUT2D eigenvalue weighted by Crippen LogP contribution is -2.27. The van der Waals surface area contributed by atoms with Crippen LogP contribution in [-0.4, -0.2) is 49.4 Å². The van der Waals surface area contributed by atoms with Crippen LogP contribution in [0.4, 0.5) is 0 Å². The maximum Gasteiger partial charge on any atom is 0.335 e. The number of benzene rings is 1. The maximum absolute atomic E-state index is 11.1. The summed E-state index contributed by atoms with van der Waals surface area (Å²) in [6, 6.07) is 5.04. The molecule has 1 atom stereocenters. The van der Waals surface area contributed by atoms with Crippen molar-refractivity contribution in [2.75, 3.05) is 33.4 Å². The summed E-state index contributed by atoms with van der Waals surface area (Å²) >= 11 is 0. The fraction of sp³-hybridized carbons (Fsp3) is 0.562. The third kappa shape index (κ3) is 2.89. The molecule has 0 amide bonds. The van der Waals surface area contributed by atoms with Gasteiger partial charge in [0.15, 0.2) is 0 Å².